The number of benzene rings is 4. The number of rotatable bonds is 7. The molecular formula is C31H23F3N4O. The predicted octanol–water partition coefficient (Wildman–Crippen LogP) is 7.43. The van der Waals surface area contributed by atoms with Crippen molar-refractivity contribution in [1.29, 1.82) is 0 Å². The van der Waals surface area contributed by atoms with Crippen molar-refractivity contribution < 1.29 is 17.9 Å². The van der Waals surface area contributed by atoms with Crippen molar-refractivity contribution in [3.8, 4) is 11.3 Å². The van der Waals surface area contributed by atoms with Gasteiger partial charge in [-0.25, -0.2) is 9.67 Å². The second-order valence-electron chi connectivity index (χ2n) is 9.31. The number of aromatic nitrogens is 4. The Bertz CT molecular complexity index is 1750. The van der Waals surface area contributed by atoms with E-state index in [2.05, 4.69) is 10.3 Å². The van der Waals surface area contributed by atoms with E-state index in [1.807, 2.05) is 79.0 Å². The Kier molecular flexibility index (Phi) is 6.54. The van der Waals surface area contributed by atoms with Gasteiger partial charge in [-0.2, -0.15) is 13.2 Å². The van der Waals surface area contributed by atoms with Crippen molar-refractivity contribution in [3.63, 3.8) is 0 Å². The number of hydrogen-bond donors (Lipinski definition) is 0. The molecule has 0 aliphatic rings. The SMILES string of the molecule is FC(F)(F)c1ccc(-c2cc(COCc3cn(Cc4ccccc4)nn3)c3ccc4ccccc4c3n2)cc1. The number of ether oxygens (including phenoxy) is 1. The molecule has 0 aliphatic heterocycles. The molecule has 4 aromatic carbocycles. The lowest BCUT2D eigenvalue weighted by atomic mass is 10.00. The zero-order valence-electron chi connectivity index (χ0n) is 20.8. The Morgan fingerprint density at radius 1 is 0.769 bits per heavy atom. The second kappa shape index (κ2) is 10.3. The van der Waals surface area contributed by atoms with Gasteiger partial charge in [-0.3, -0.25) is 0 Å². The molecule has 0 atom stereocenters. The van der Waals surface area contributed by atoms with Crippen molar-refractivity contribution in [1.82, 2.24) is 20.0 Å². The third kappa shape index (κ3) is 5.37. The topological polar surface area (TPSA) is 52.8 Å². The molecule has 2 heterocycles. The molecule has 194 valence electrons. The number of hydrogen-bond acceptors (Lipinski definition) is 4. The van der Waals surface area contributed by atoms with E-state index in [1.165, 1.54) is 12.1 Å². The Morgan fingerprint density at radius 3 is 2.33 bits per heavy atom. The Labute approximate surface area is 222 Å². The van der Waals surface area contributed by atoms with Crippen LogP contribution in [0.5, 0.6) is 0 Å². The number of pyridine rings is 1. The molecule has 39 heavy (non-hydrogen) atoms. The highest BCUT2D eigenvalue weighted by atomic mass is 19.4. The molecule has 0 aliphatic carbocycles. The van der Waals surface area contributed by atoms with Crippen LogP contribution in [0.1, 0.15) is 22.4 Å². The van der Waals surface area contributed by atoms with E-state index in [4.69, 9.17) is 9.72 Å². The summed E-state index contributed by atoms with van der Waals surface area (Å²) in [6.07, 6.45) is -2.54. The fourth-order valence-electron chi connectivity index (χ4n) is 4.65. The highest BCUT2D eigenvalue weighted by Crippen LogP contribution is 2.33. The van der Waals surface area contributed by atoms with Gasteiger partial charge in [0.2, 0.25) is 0 Å². The van der Waals surface area contributed by atoms with Gasteiger partial charge in [0, 0.05) is 16.3 Å². The summed E-state index contributed by atoms with van der Waals surface area (Å²) in [5.41, 5.74) is 3.98. The molecule has 0 radical (unpaired) electrons. The number of fused-ring (bicyclic) bond motifs is 3. The number of halogens is 3. The summed E-state index contributed by atoms with van der Waals surface area (Å²) in [4.78, 5) is 4.87. The van der Waals surface area contributed by atoms with Crippen LogP contribution < -0.4 is 0 Å². The van der Waals surface area contributed by atoms with E-state index in [1.54, 1.807) is 4.68 Å². The van der Waals surface area contributed by atoms with Crippen LogP contribution in [0, 0.1) is 0 Å². The zero-order chi connectivity index (χ0) is 26.8. The summed E-state index contributed by atoms with van der Waals surface area (Å²) >= 11 is 0. The fraction of sp³-hybridized carbons (Fsp3) is 0.129. The standard InChI is InChI=1S/C31H23F3N4O/c32-31(33,34)25-13-10-23(11-14-25)29-16-24(28-15-12-22-8-4-5-9-27(22)30(28)35-29)19-39-20-26-18-38(37-36-26)17-21-6-2-1-3-7-21/h1-16,18H,17,19-20H2. The van der Waals surface area contributed by atoms with Gasteiger partial charge in [-0.15, -0.1) is 5.10 Å². The van der Waals surface area contributed by atoms with Gasteiger partial charge in [0.05, 0.1) is 42.7 Å². The normalized spacial score (nSPS) is 11.9. The Hall–Kier alpha value is -4.56. The molecule has 5 nitrogen and oxygen atoms in total. The van der Waals surface area contributed by atoms with Gasteiger partial charge in [-0.1, -0.05) is 84.1 Å². The first kappa shape index (κ1) is 24.8. The van der Waals surface area contributed by atoms with E-state index >= 15 is 0 Å². The van der Waals surface area contributed by atoms with E-state index in [9.17, 15) is 13.2 Å². The maximum Gasteiger partial charge on any atom is 0.416 e. The first-order valence-corrected chi connectivity index (χ1v) is 12.4. The second-order valence-corrected chi connectivity index (χ2v) is 9.31. The number of nitrogens with zero attached hydrogens (tertiary/aromatic N) is 4. The minimum atomic E-state index is -4.40. The van der Waals surface area contributed by atoms with Crippen molar-refractivity contribution in [2.75, 3.05) is 0 Å². The lowest BCUT2D eigenvalue weighted by Crippen LogP contribution is -2.04. The first-order valence-electron chi connectivity index (χ1n) is 12.4. The molecule has 0 saturated carbocycles. The van der Waals surface area contributed by atoms with Gasteiger partial charge in [0.15, 0.2) is 0 Å². The third-order valence-electron chi connectivity index (χ3n) is 6.58. The summed E-state index contributed by atoms with van der Waals surface area (Å²) in [6, 6.07) is 28.9. The van der Waals surface area contributed by atoms with Crippen molar-refractivity contribution in [2.24, 2.45) is 0 Å². The van der Waals surface area contributed by atoms with Gasteiger partial charge in [-0.05, 0) is 34.7 Å². The van der Waals surface area contributed by atoms with Crippen molar-refractivity contribution in [3.05, 3.63) is 126 Å². The lowest BCUT2D eigenvalue weighted by Gasteiger charge is -2.13. The molecule has 6 aromatic rings. The summed E-state index contributed by atoms with van der Waals surface area (Å²) in [5, 5.41) is 11.3. The van der Waals surface area contributed by atoms with Crippen LogP contribution in [0.15, 0.2) is 103 Å². The predicted molar refractivity (Wildman–Crippen MR) is 144 cm³/mol. The van der Waals surface area contributed by atoms with Crippen molar-refractivity contribution in [2.45, 2.75) is 25.9 Å². The van der Waals surface area contributed by atoms with E-state index in [-0.39, 0.29) is 13.2 Å². The molecule has 6 rings (SSSR count). The maximum absolute atomic E-state index is 13.1. The summed E-state index contributed by atoms with van der Waals surface area (Å²) in [6.45, 7) is 1.16. The minimum absolute atomic E-state index is 0.266. The average molecular weight is 525 g/mol. The van der Waals surface area contributed by atoms with Crippen LogP contribution in [0.25, 0.3) is 32.9 Å². The molecule has 0 saturated heterocycles. The maximum atomic E-state index is 13.1. The monoisotopic (exact) mass is 524 g/mol. The molecule has 8 heteroatoms. The van der Waals surface area contributed by atoms with Crippen LogP contribution in [-0.4, -0.2) is 20.0 Å². The van der Waals surface area contributed by atoms with Crippen LogP contribution in [0.3, 0.4) is 0 Å². The number of alkyl halides is 3. The molecule has 0 unspecified atom stereocenters. The molecule has 2 aromatic heterocycles. The van der Waals surface area contributed by atoms with E-state index in [0.717, 1.165) is 44.9 Å². The zero-order valence-corrected chi connectivity index (χ0v) is 20.8. The first-order chi connectivity index (χ1) is 18.9. The van der Waals surface area contributed by atoms with Gasteiger partial charge >= 0.3 is 6.18 Å². The Balaban J connectivity index is 1.29. The molecule has 0 N–H and O–H groups in total. The minimum Gasteiger partial charge on any atom is -0.370 e. The quantitative estimate of drug-likeness (QED) is 0.204. The van der Waals surface area contributed by atoms with E-state index in [0.29, 0.717) is 23.5 Å². The molecule has 0 bridgehead atoms. The van der Waals surface area contributed by atoms with Crippen LogP contribution in [-0.2, 0) is 30.7 Å². The van der Waals surface area contributed by atoms with Crippen molar-refractivity contribution >= 4 is 21.7 Å². The summed E-state index contributed by atoms with van der Waals surface area (Å²) < 4.78 is 47.2. The smallest absolute Gasteiger partial charge is 0.370 e. The van der Waals surface area contributed by atoms with Crippen LogP contribution in [0.2, 0.25) is 0 Å². The summed E-state index contributed by atoms with van der Waals surface area (Å²) in [5.74, 6) is 0. The molecule has 0 amide bonds. The van der Waals surface area contributed by atoms with Crippen LogP contribution >= 0.6 is 0 Å². The molecule has 0 fully saturated rings. The van der Waals surface area contributed by atoms with Gasteiger partial charge in [0.25, 0.3) is 0 Å². The highest BCUT2D eigenvalue weighted by Gasteiger charge is 2.30. The fourth-order valence-corrected chi connectivity index (χ4v) is 4.65. The largest absolute Gasteiger partial charge is 0.416 e. The van der Waals surface area contributed by atoms with Gasteiger partial charge < -0.3 is 4.74 Å². The van der Waals surface area contributed by atoms with E-state index < -0.39 is 11.7 Å². The summed E-state index contributed by atoms with van der Waals surface area (Å²) in [7, 11) is 0. The Morgan fingerprint density at radius 2 is 1.54 bits per heavy atom. The van der Waals surface area contributed by atoms with Gasteiger partial charge in [0.1, 0.15) is 5.69 Å². The average Bonchev–Trinajstić information content (AvgIpc) is 3.40. The highest BCUT2D eigenvalue weighted by molar-refractivity contribution is 6.06. The van der Waals surface area contributed by atoms with Crippen LogP contribution in [0.4, 0.5) is 13.2 Å². The molecule has 0 spiro atoms. The lowest BCUT2D eigenvalue weighted by molar-refractivity contribution is -0.137. The molecular weight excluding hydrogens is 501 g/mol. The third-order valence-corrected chi connectivity index (χ3v) is 6.58.